The SMILES string of the molecule is C/C(=N/NC(=S)N/N=C(/C)C(C)(C)C)C(C)(C)C. The Morgan fingerprint density at radius 2 is 1.06 bits per heavy atom. The molecular weight excluding hydrogens is 244 g/mol. The molecule has 0 saturated heterocycles. The van der Waals surface area contributed by atoms with Crippen LogP contribution < -0.4 is 10.9 Å². The van der Waals surface area contributed by atoms with Gasteiger partial charge in [0.2, 0.25) is 5.11 Å². The molecule has 0 aromatic rings. The largest absolute Gasteiger partial charge is 0.252 e. The summed E-state index contributed by atoms with van der Waals surface area (Å²) in [5.41, 5.74) is 7.64. The minimum atomic E-state index is 0.0349. The Bertz CT molecular complexity index is 322. The molecule has 0 aliphatic carbocycles. The van der Waals surface area contributed by atoms with Gasteiger partial charge >= 0.3 is 0 Å². The van der Waals surface area contributed by atoms with Gasteiger partial charge in [-0.05, 0) is 26.1 Å². The molecule has 0 atom stereocenters. The van der Waals surface area contributed by atoms with Crippen LogP contribution in [0.5, 0.6) is 0 Å². The minimum absolute atomic E-state index is 0.0349. The number of nitrogens with one attached hydrogen (secondary N) is 2. The van der Waals surface area contributed by atoms with Gasteiger partial charge in [0.05, 0.1) is 0 Å². The normalized spacial score (nSPS) is 14.4. The Morgan fingerprint density at radius 1 is 0.778 bits per heavy atom. The van der Waals surface area contributed by atoms with Gasteiger partial charge in [0, 0.05) is 22.3 Å². The van der Waals surface area contributed by atoms with Gasteiger partial charge in [-0.1, -0.05) is 41.5 Å². The van der Waals surface area contributed by atoms with Crippen LogP contribution in [0.15, 0.2) is 10.2 Å². The maximum Gasteiger partial charge on any atom is 0.207 e. The van der Waals surface area contributed by atoms with Gasteiger partial charge in [0.15, 0.2) is 0 Å². The van der Waals surface area contributed by atoms with Crippen LogP contribution in [0.4, 0.5) is 0 Å². The molecule has 0 aromatic heterocycles. The summed E-state index contributed by atoms with van der Waals surface area (Å²) >= 11 is 5.10. The summed E-state index contributed by atoms with van der Waals surface area (Å²) in [5, 5.41) is 8.86. The summed E-state index contributed by atoms with van der Waals surface area (Å²) in [4.78, 5) is 0. The molecule has 18 heavy (non-hydrogen) atoms. The molecule has 5 heteroatoms. The summed E-state index contributed by atoms with van der Waals surface area (Å²) in [7, 11) is 0. The molecule has 104 valence electrons. The van der Waals surface area contributed by atoms with Crippen LogP contribution in [0.3, 0.4) is 0 Å². The maximum atomic E-state index is 5.10. The van der Waals surface area contributed by atoms with Crippen molar-refractivity contribution in [2.75, 3.05) is 0 Å². The third-order valence-electron chi connectivity index (χ3n) is 2.82. The van der Waals surface area contributed by atoms with E-state index in [1.165, 1.54) is 0 Å². The first kappa shape index (κ1) is 17.0. The van der Waals surface area contributed by atoms with Gasteiger partial charge in [0.1, 0.15) is 0 Å². The smallest absolute Gasteiger partial charge is 0.207 e. The van der Waals surface area contributed by atoms with Crippen molar-refractivity contribution >= 4 is 28.8 Å². The van der Waals surface area contributed by atoms with E-state index in [9.17, 15) is 0 Å². The number of hydrogen-bond donors (Lipinski definition) is 2. The molecule has 0 bridgehead atoms. The van der Waals surface area contributed by atoms with Crippen molar-refractivity contribution in [3.63, 3.8) is 0 Å². The summed E-state index contributed by atoms with van der Waals surface area (Å²) in [6.07, 6.45) is 0. The van der Waals surface area contributed by atoms with Crippen LogP contribution in [0.25, 0.3) is 0 Å². The molecule has 0 radical (unpaired) electrons. The number of nitrogens with zero attached hydrogens (tertiary/aromatic N) is 2. The Hall–Kier alpha value is -0.970. The molecule has 0 aromatic carbocycles. The summed E-state index contributed by atoms with van der Waals surface area (Å²) < 4.78 is 0. The Balaban J connectivity index is 4.40. The fourth-order valence-electron chi connectivity index (χ4n) is 0.630. The van der Waals surface area contributed by atoms with Crippen molar-refractivity contribution in [3.05, 3.63) is 0 Å². The topological polar surface area (TPSA) is 48.8 Å². The van der Waals surface area contributed by atoms with Gasteiger partial charge in [-0.3, -0.25) is 10.9 Å². The molecule has 4 nitrogen and oxygen atoms in total. The zero-order valence-corrected chi connectivity index (χ0v) is 13.6. The van der Waals surface area contributed by atoms with Gasteiger partial charge in [-0.2, -0.15) is 10.2 Å². The molecule has 0 fully saturated rings. The zero-order chi connectivity index (χ0) is 14.6. The molecule has 2 N–H and O–H groups in total. The zero-order valence-electron chi connectivity index (χ0n) is 12.8. The van der Waals surface area contributed by atoms with Crippen molar-refractivity contribution in [1.82, 2.24) is 10.9 Å². The van der Waals surface area contributed by atoms with Crippen molar-refractivity contribution in [3.8, 4) is 0 Å². The average Bonchev–Trinajstić information content (AvgIpc) is 2.19. The molecular formula is C13H26N4S. The van der Waals surface area contributed by atoms with Crippen LogP contribution in [-0.2, 0) is 0 Å². The van der Waals surface area contributed by atoms with Crippen molar-refractivity contribution in [2.24, 2.45) is 21.0 Å². The lowest BCUT2D eigenvalue weighted by atomic mass is 9.91. The highest BCUT2D eigenvalue weighted by Gasteiger charge is 2.15. The van der Waals surface area contributed by atoms with Crippen molar-refractivity contribution < 1.29 is 0 Å². The van der Waals surface area contributed by atoms with E-state index in [1.54, 1.807) is 0 Å². The van der Waals surface area contributed by atoms with E-state index in [1.807, 2.05) is 13.8 Å². The first-order chi connectivity index (χ1) is 7.94. The van der Waals surface area contributed by atoms with Gasteiger partial charge in [0.25, 0.3) is 0 Å². The first-order valence-electron chi connectivity index (χ1n) is 6.10. The summed E-state index contributed by atoms with van der Waals surface area (Å²) in [5.74, 6) is 0. The average molecular weight is 270 g/mol. The second kappa shape index (κ2) is 6.27. The number of rotatable bonds is 2. The molecule has 0 amide bonds. The Kier molecular flexibility index (Phi) is 5.93. The van der Waals surface area contributed by atoms with Crippen LogP contribution >= 0.6 is 12.2 Å². The van der Waals surface area contributed by atoms with Crippen LogP contribution in [0.1, 0.15) is 55.4 Å². The molecule has 0 unspecified atom stereocenters. The lowest BCUT2D eigenvalue weighted by Crippen LogP contribution is -2.32. The molecule has 0 aliphatic heterocycles. The predicted octanol–water partition coefficient (Wildman–Crippen LogP) is 3.29. The third-order valence-corrected chi connectivity index (χ3v) is 3.00. The van der Waals surface area contributed by atoms with Crippen molar-refractivity contribution in [2.45, 2.75) is 55.4 Å². The lowest BCUT2D eigenvalue weighted by Gasteiger charge is -2.19. The Morgan fingerprint density at radius 3 is 1.28 bits per heavy atom. The third kappa shape index (κ3) is 6.69. The molecule has 0 saturated carbocycles. The minimum Gasteiger partial charge on any atom is -0.252 e. The highest BCUT2D eigenvalue weighted by molar-refractivity contribution is 7.80. The Labute approximate surface area is 116 Å². The predicted molar refractivity (Wildman–Crippen MR) is 84.0 cm³/mol. The van der Waals surface area contributed by atoms with Gasteiger partial charge in [-0.25, -0.2) is 0 Å². The van der Waals surface area contributed by atoms with E-state index in [2.05, 4.69) is 62.6 Å². The van der Waals surface area contributed by atoms with E-state index >= 15 is 0 Å². The standard InChI is InChI=1S/C13H26N4S/c1-9(12(3,4)5)14-16-11(18)17-15-10(2)13(6,7)8/h1-8H3,(H2,16,17,18)/b14-9-,15-10-. The van der Waals surface area contributed by atoms with E-state index in [0.717, 1.165) is 11.4 Å². The second-order valence-corrected chi connectivity index (χ2v) is 6.86. The fourth-order valence-corrected chi connectivity index (χ4v) is 0.721. The van der Waals surface area contributed by atoms with Crippen molar-refractivity contribution in [1.29, 1.82) is 0 Å². The molecule has 0 rings (SSSR count). The van der Waals surface area contributed by atoms with E-state index < -0.39 is 0 Å². The van der Waals surface area contributed by atoms with E-state index in [4.69, 9.17) is 12.2 Å². The van der Waals surface area contributed by atoms with E-state index in [-0.39, 0.29) is 10.8 Å². The highest BCUT2D eigenvalue weighted by Crippen LogP contribution is 2.15. The lowest BCUT2D eigenvalue weighted by molar-refractivity contribution is 0.580. The van der Waals surface area contributed by atoms with E-state index in [0.29, 0.717) is 5.11 Å². The summed E-state index contributed by atoms with van der Waals surface area (Å²) in [6, 6.07) is 0. The second-order valence-electron chi connectivity index (χ2n) is 6.45. The first-order valence-corrected chi connectivity index (χ1v) is 6.51. The number of hydrazone groups is 2. The van der Waals surface area contributed by atoms with Crippen LogP contribution in [0, 0.1) is 10.8 Å². The quantitative estimate of drug-likeness (QED) is 0.460. The maximum absolute atomic E-state index is 5.10. The molecule has 0 spiro atoms. The summed E-state index contributed by atoms with van der Waals surface area (Å²) in [6.45, 7) is 16.6. The fraction of sp³-hybridized carbons (Fsp3) is 0.769. The number of thiocarbonyl (C=S) groups is 1. The number of hydrogen-bond acceptors (Lipinski definition) is 3. The van der Waals surface area contributed by atoms with Crippen LogP contribution in [0.2, 0.25) is 0 Å². The van der Waals surface area contributed by atoms with Crippen LogP contribution in [-0.4, -0.2) is 16.5 Å². The van der Waals surface area contributed by atoms with Gasteiger partial charge < -0.3 is 0 Å². The van der Waals surface area contributed by atoms with Gasteiger partial charge in [-0.15, -0.1) is 0 Å². The monoisotopic (exact) mass is 270 g/mol. The molecule has 0 aliphatic rings. The molecule has 0 heterocycles. The highest BCUT2D eigenvalue weighted by atomic mass is 32.1.